The zero-order chi connectivity index (χ0) is 15.3. The number of carboxylic acids is 1. The summed E-state index contributed by atoms with van der Waals surface area (Å²) in [5.74, 6) is -0.464. The van der Waals surface area contributed by atoms with Gasteiger partial charge in [-0.25, -0.2) is 4.79 Å². The molecule has 2 unspecified atom stereocenters. The van der Waals surface area contributed by atoms with E-state index in [1.165, 1.54) is 15.5 Å². The molecule has 1 N–H and O–H groups in total. The summed E-state index contributed by atoms with van der Waals surface area (Å²) in [4.78, 5) is 25.7. The second-order valence-electron chi connectivity index (χ2n) is 5.36. The number of carbonyl (C=O) groups is 2. The summed E-state index contributed by atoms with van der Waals surface area (Å²) in [7, 11) is 1.65. The minimum Gasteiger partial charge on any atom is -0.480 e. The Morgan fingerprint density at radius 2 is 2.05 bits per heavy atom. The molecule has 114 valence electrons. The number of nitrogens with zero attached hydrogens (tertiary/aromatic N) is 2. The summed E-state index contributed by atoms with van der Waals surface area (Å²) in [6, 6.07) is 0.707. The molecule has 1 aliphatic carbocycles. The van der Waals surface area contributed by atoms with E-state index in [1.807, 2.05) is 0 Å². The molecule has 2 atom stereocenters. The van der Waals surface area contributed by atoms with E-state index in [1.54, 1.807) is 18.8 Å². The molecule has 0 bridgehead atoms. The summed E-state index contributed by atoms with van der Waals surface area (Å²) in [5.41, 5.74) is 0.324. The molecule has 5 nitrogen and oxygen atoms in total. The van der Waals surface area contributed by atoms with Crippen molar-refractivity contribution in [2.24, 2.45) is 13.0 Å². The summed E-state index contributed by atoms with van der Waals surface area (Å²) in [6.45, 7) is 0. The van der Waals surface area contributed by atoms with Crippen LogP contribution in [0.15, 0.2) is 6.07 Å². The topological polar surface area (TPSA) is 62.5 Å². The quantitative estimate of drug-likeness (QED) is 0.912. The Labute approximate surface area is 136 Å². The minimum absolute atomic E-state index is 0.0638. The summed E-state index contributed by atoms with van der Waals surface area (Å²) in [6.07, 6.45) is 2.09. The number of hydrogen-bond donors (Lipinski definition) is 1. The number of thioether (sulfide) groups is 1. The van der Waals surface area contributed by atoms with Crippen LogP contribution in [0.1, 0.15) is 23.3 Å². The standard InChI is InChI=1S/C13H14Cl2N2O3S/c1-16-8(4-7(14)10(16)15)11(18)17-9(13(19)20)5-21-12(17)6-2-3-6/h4,6,9,12H,2-3,5H2,1H3,(H,19,20). The van der Waals surface area contributed by atoms with Crippen molar-refractivity contribution in [3.05, 3.63) is 21.9 Å². The van der Waals surface area contributed by atoms with Crippen molar-refractivity contribution in [1.82, 2.24) is 9.47 Å². The minimum atomic E-state index is -0.967. The zero-order valence-corrected chi connectivity index (χ0v) is 13.6. The SMILES string of the molecule is Cn1c(C(=O)N2C(C(=O)O)CSC2C2CC2)cc(Cl)c1Cl. The molecule has 0 aromatic carbocycles. The van der Waals surface area contributed by atoms with E-state index in [9.17, 15) is 14.7 Å². The van der Waals surface area contributed by atoms with Gasteiger partial charge in [-0.15, -0.1) is 11.8 Å². The van der Waals surface area contributed by atoms with E-state index < -0.39 is 12.0 Å². The van der Waals surface area contributed by atoms with Gasteiger partial charge >= 0.3 is 5.97 Å². The van der Waals surface area contributed by atoms with Crippen LogP contribution in [0.5, 0.6) is 0 Å². The van der Waals surface area contributed by atoms with Gasteiger partial charge in [-0.3, -0.25) is 4.79 Å². The predicted octanol–water partition coefficient (Wildman–Crippen LogP) is 2.71. The van der Waals surface area contributed by atoms with Crippen molar-refractivity contribution >= 4 is 46.8 Å². The van der Waals surface area contributed by atoms with Gasteiger partial charge in [0.05, 0.1) is 10.4 Å². The van der Waals surface area contributed by atoms with Gasteiger partial charge in [-0.05, 0) is 24.8 Å². The fourth-order valence-corrected chi connectivity index (χ4v) is 4.61. The number of rotatable bonds is 3. The predicted molar refractivity (Wildman–Crippen MR) is 82.0 cm³/mol. The second kappa shape index (κ2) is 5.41. The molecule has 1 aromatic rings. The molecule has 2 heterocycles. The highest BCUT2D eigenvalue weighted by Crippen LogP contribution is 2.46. The lowest BCUT2D eigenvalue weighted by atomic mass is 10.2. The highest BCUT2D eigenvalue weighted by Gasteiger charge is 2.48. The third kappa shape index (κ3) is 2.53. The molecule has 21 heavy (non-hydrogen) atoms. The van der Waals surface area contributed by atoms with Gasteiger partial charge in [-0.2, -0.15) is 0 Å². The van der Waals surface area contributed by atoms with Gasteiger partial charge in [0.25, 0.3) is 5.91 Å². The lowest BCUT2D eigenvalue weighted by Crippen LogP contribution is -2.46. The van der Waals surface area contributed by atoms with Gasteiger partial charge in [0.15, 0.2) is 0 Å². The maximum absolute atomic E-state index is 12.8. The first-order valence-corrected chi connectivity index (χ1v) is 8.40. The maximum atomic E-state index is 12.8. The lowest BCUT2D eigenvalue weighted by molar-refractivity contribution is -0.141. The van der Waals surface area contributed by atoms with Crippen LogP contribution in [0, 0.1) is 5.92 Å². The first kappa shape index (κ1) is 15.1. The second-order valence-corrected chi connectivity index (χ2v) is 7.27. The van der Waals surface area contributed by atoms with Crippen LogP contribution in [-0.2, 0) is 11.8 Å². The van der Waals surface area contributed by atoms with Crippen LogP contribution in [0.2, 0.25) is 10.2 Å². The molecule has 1 aromatic heterocycles. The van der Waals surface area contributed by atoms with Crippen molar-refractivity contribution in [3.8, 4) is 0 Å². The number of aromatic nitrogens is 1. The van der Waals surface area contributed by atoms with Crippen LogP contribution >= 0.6 is 35.0 Å². The van der Waals surface area contributed by atoms with Crippen molar-refractivity contribution in [3.63, 3.8) is 0 Å². The summed E-state index contributed by atoms with van der Waals surface area (Å²) >= 11 is 13.5. The molecule has 1 amide bonds. The third-order valence-corrected chi connectivity index (χ3v) is 6.22. The molecule has 0 spiro atoms. The van der Waals surface area contributed by atoms with Gasteiger partial charge in [-0.1, -0.05) is 23.2 Å². The van der Waals surface area contributed by atoms with E-state index >= 15 is 0 Å². The van der Waals surface area contributed by atoms with E-state index in [2.05, 4.69) is 0 Å². The molecule has 2 fully saturated rings. The monoisotopic (exact) mass is 348 g/mol. The average molecular weight is 349 g/mol. The molecule has 2 aliphatic rings. The molecule has 3 rings (SSSR count). The molecule has 1 saturated heterocycles. The van der Waals surface area contributed by atoms with Gasteiger partial charge in [0.2, 0.25) is 0 Å². The van der Waals surface area contributed by atoms with Crippen molar-refractivity contribution < 1.29 is 14.7 Å². The number of halogens is 2. The zero-order valence-electron chi connectivity index (χ0n) is 11.3. The Hall–Kier alpha value is -0.850. The van der Waals surface area contributed by atoms with Crippen LogP contribution in [0.3, 0.4) is 0 Å². The Bertz CT molecular complexity index is 615. The summed E-state index contributed by atoms with van der Waals surface area (Å²) < 4.78 is 1.50. The Kier molecular flexibility index (Phi) is 3.88. The molecular formula is C13H14Cl2N2O3S. The average Bonchev–Trinajstić information content (AvgIpc) is 3.14. The normalized spacial score (nSPS) is 25.4. The lowest BCUT2D eigenvalue weighted by Gasteiger charge is -2.27. The van der Waals surface area contributed by atoms with Crippen molar-refractivity contribution in [2.75, 3.05) is 5.75 Å². The Morgan fingerprint density at radius 1 is 1.38 bits per heavy atom. The molecule has 8 heteroatoms. The van der Waals surface area contributed by atoms with Crippen LogP contribution in [0.25, 0.3) is 0 Å². The van der Waals surface area contributed by atoms with Crippen LogP contribution in [0.4, 0.5) is 0 Å². The first-order valence-electron chi connectivity index (χ1n) is 6.59. The van der Waals surface area contributed by atoms with E-state index in [4.69, 9.17) is 23.2 Å². The van der Waals surface area contributed by atoms with Gasteiger partial charge < -0.3 is 14.6 Å². The highest BCUT2D eigenvalue weighted by molar-refractivity contribution is 8.00. The molecular weight excluding hydrogens is 335 g/mol. The molecule has 0 radical (unpaired) electrons. The van der Waals surface area contributed by atoms with Crippen molar-refractivity contribution in [2.45, 2.75) is 24.3 Å². The van der Waals surface area contributed by atoms with Gasteiger partial charge in [0, 0.05) is 12.8 Å². The maximum Gasteiger partial charge on any atom is 0.327 e. The number of aliphatic carboxylic acids is 1. The number of hydrogen-bond acceptors (Lipinski definition) is 3. The number of amides is 1. The number of carbonyl (C=O) groups excluding carboxylic acids is 1. The molecule has 1 saturated carbocycles. The summed E-state index contributed by atoms with van der Waals surface area (Å²) in [5, 5.41) is 9.87. The smallest absolute Gasteiger partial charge is 0.327 e. The Balaban J connectivity index is 1.95. The van der Waals surface area contributed by atoms with Crippen LogP contribution in [-0.4, -0.2) is 43.6 Å². The third-order valence-electron chi connectivity index (χ3n) is 3.92. The van der Waals surface area contributed by atoms with E-state index in [0.717, 1.165) is 12.8 Å². The van der Waals surface area contributed by atoms with E-state index in [0.29, 0.717) is 22.4 Å². The van der Waals surface area contributed by atoms with E-state index in [-0.39, 0.29) is 16.4 Å². The van der Waals surface area contributed by atoms with Gasteiger partial charge in [0.1, 0.15) is 16.9 Å². The first-order chi connectivity index (χ1) is 9.91. The largest absolute Gasteiger partial charge is 0.480 e. The highest BCUT2D eigenvalue weighted by atomic mass is 35.5. The fourth-order valence-electron chi connectivity index (χ4n) is 2.60. The Morgan fingerprint density at radius 3 is 2.52 bits per heavy atom. The number of carboxylic acid groups (broad SMARTS) is 1. The fraction of sp³-hybridized carbons (Fsp3) is 0.538. The van der Waals surface area contributed by atoms with Crippen LogP contribution < -0.4 is 0 Å². The molecule has 1 aliphatic heterocycles. The van der Waals surface area contributed by atoms with Crippen molar-refractivity contribution in [1.29, 1.82) is 0 Å².